The number of anilines is 1. The first-order valence-corrected chi connectivity index (χ1v) is 5.24. The summed E-state index contributed by atoms with van der Waals surface area (Å²) < 4.78 is 12.9. The molecule has 88 valence electrons. The summed E-state index contributed by atoms with van der Waals surface area (Å²) in [6, 6.07) is 5.69. The molecule has 0 bridgehead atoms. The summed E-state index contributed by atoms with van der Waals surface area (Å²) in [5, 5.41) is 20.7. The maximum absolute atomic E-state index is 12.9. The second-order valence-corrected chi connectivity index (χ2v) is 4.24. The van der Waals surface area contributed by atoms with Gasteiger partial charge in [0.25, 0.3) is 0 Å². The van der Waals surface area contributed by atoms with Crippen LogP contribution in [0.5, 0.6) is 0 Å². The minimum Gasteiger partial charge on any atom is -0.481 e. The highest BCUT2D eigenvalue weighted by molar-refractivity contribution is 5.78. The Hall–Kier alpha value is -2.09. The Morgan fingerprint density at radius 3 is 2.82 bits per heavy atom. The molecule has 0 spiro atoms. The Morgan fingerprint density at radius 2 is 2.29 bits per heavy atom. The molecule has 0 aliphatic heterocycles. The molecule has 0 amide bonds. The number of nitrogens with one attached hydrogen (secondary N) is 1. The maximum atomic E-state index is 12.9. The van der Waals surface area contributed by atoms with Crippen LogP contribution in [0.3, 0.4) is 0 Å². The lowest BCUT2D eigenvalue weighted by Crippen LogP contribution is -2.24. The summed E-state index contributed by atoms with van der Waals surface area (Å²) >= 11 is 0. The van der Waals surface area contributed by atoms with Gasteiger partial charge in [-0.3, -0.25) is 4.79 Å². The van der Waals surface area contributed by atoms with Crippen molar-refractivity contribution in [1.82, 2.24) is 0 Å². The normalized spacial score (nSPS) is 16.0. The summed E-state index contributed by atoms with van der Waals surface area (Å²) in [5.74, 6) is -1.31. The molecule has 0 saturated heterocycles. The molecule has 2 rings (SSSR count). The molecule has 0 radical (unpaired) electrons. The van der Waals surface area contributed by atoms with Crippen LogP contribution in [0.25, 0.3) is 0 Å². The number of nitriles is 1. The van der Waals surface area contributed by atoms with Gasteiger partial charge in [0.15, 0.2) is 0 Å². The number of aliphatic carboxylic acids is 1. The number of carbonyl (C=O) groups is 1. The smallest absolute Gasteiger partial charge is 0.311 e. The molecule has 1 saturated carbocycles. The van der Waals surface area contributed by atoms with Crippen molar-refractivity contribution in [3.63, 3.8) is 0 Å². The van der Waals surface area contributed by atoms with Crippen molar-refractivity contribution >= 4 is 11.7 Å². The lowest BCUT2D eigenvalue weighted by atomic mass is 10.1. The predicted octanol–water partition coefficient (Wildman–Crippen LogP) is 1.97. The van der Waals surface area contributed by atoms with Gasteiger partial charge >= 0.3 is 5.97 Å². The molecule has 1 aliphatic rings. The van der Waals surface area contributed by atoms with Crippen molar-refractivity contribution in [3.8, 4) is 6.07 Å². The number of hydrogen-bond donors (Lipinski definition) is 2. The predicted molar refractivity (Wildman–Crippen MR) is 58.9 cm³/mol. The summed E-state index contributed by atoms with van der Waals surface area (Å²) in [6.45, 7) is 0.267. The van der Waals surface area contributed by atoms with Gasteiger partial charge in [-0.1, -0.05) is 0 Å². The van der Waals surface area contributed by atoms with Crippen LogP contribution < -0.4 is 5.32 Å². The fourth-order valence-corrected chi connectivity index (χ4v) is 1.64. The number of rotatable bonds is 4. The topological polar surface area (TPSA) is 73.1 Å². The Morgan fingerprint density at radius 1 is 1.59 bits per heavy atom. The van der Waals surface area contributed by atoms with E-state index in [4.69, 9.17) is 10.4 Å². The minimum absolute atomic E-state index is 0.186. The summed E-state index contributed by atoms with van der Waals surface area (Å²) in [4.78, 5) is 10.9. The zero-order valence-electron chi connectivity index (χ0n) is 9.03. The van der Waals surface area contributed by atoms with Crippen molar-refractivity contribution < 1.29 is 14.3 Å². The number of carboxylic acid groups (broad SMARTS) is 1. The molecule has 1 fully saturated rings. The molecular formula is C12H11FN2O2. The van der Waals surface area contributed by atoms with Crippen molar-refractivity contribution in [2.24, 2.45) is 5.41 Å². The van der Waals surface area contributed by atoms with E-state index in [1.165, 1.54) is 12.1 Å². The van der Waals surface area contributed by atoms with Crippen molar-refractivity contribution in [2.75, 3.05) is 11.9 Å². The van der Waals surface area contributed by atoms with Crippen LogP contribution in [0, 0.1) is 22.6 Å². The molecule has 1 aromatic carbocycles. The van der Waals surface area contributed by atoms with E-state index < -0.39 is 17.2 Å². The second-order valence-electron chi connectivity index (χ2n) is 4.24. The van der Waals surface area contributed by atoms with E-state index in [2.05, 4.69) is 5.32 Å². The molecule has 5 heteroatoms. The molecular weight excluding hydrogens is 223 g/mol. The number of hydrogen-bond acceptors (Lipinski definition) is 3. The second kappa shape index (κ2) is 4.06. The fourth-order valence-electron chi connectivity index (χ4n) is 1.64. The van der Waals surface area contributed by atoms with Crippen molar-refractivity contribution in [3.05, 3.63) is 29.6 Å². The summed E-state index contributed by atoms with van der Waals surface area (Å²) in [5.41, 5.74) is -0.0474. The van der Waals surface area contributed by atoms with E-state index in [1.54, 1.807) is 0 Å². The summed E-state index contributed by atoms with van der Waals surface area (Å²) in [7, 11) is 0. The first-order valence-electron chi connectivity index (χ1n) is 5.24. The molecule has 2 N–H and O–H groups in total. The number of nitrogens with zero attached hydrogens (tertiary/aromatic N) is 1. The van der Waals surface area contributed by atoms with Crippen molar-refractivity contribution in [2.45, 2.75) is 12.8 Å². The highest BCUT2D eigenvalue weighted by atomic mass is 19.1. The van der Waals surface area contributed by atoms with Gasteiger partial charge in [-0.25, -0.2) is 4.39 Å². The van der Waals surface area contributed by atoms with Gasteiger partial charge in [0, 0.05) is 6.54 Å². The Kier molecular flexibility index (Phi) is 2.72. The van der Waals surface area contributed by atoms with Crippen LogP contribution in [0.1, 0.15) is 18.4 Å². The maximum Gasteiger partial charge on any atom is 0.311 e. The average molecular weight is 234 g/mol. The Labute approximate surface area is 97.7 Å². The lowest BCUT2D eigenvalue weighted by Gasteiger charge is -2.13. The molecule has 0 atom stereocenters. The number of benzene rings is 1. The van der Waals surface area contributed by atoms with Gasteiger partial charge < -0.3 is 10.4 Å². The molecule has 0 heterocycles. The zero-order valence-corrected chi connectivity index (χ0v) is 9.03. The van der Waals surface area contributed by atoms with E-state index in [9.17, 15) is 9.18 Å². The lowest BCUT2D eigenvalue weighted by molar-refractivity contribution is -0.142. The highest BCUT2D eigenvalue weighted by Crippen LogP contribution is 2.45. The molecule has 0 unspecified atom stereocenters. The first-order chi connectivity index (χ1) is 8.07. The third kappa shape index (κ3) is 2.21. The van der Waals surface area contributed by atoms with E-state index in [-0.39, 0.29) is 12.1 Å². The largest absolute Gasteiger partial charge is 0.481 e. The van der Waals surface area contributed by atoms with Crippen LogP contribution in [0.15, 0.2) is 18.2 Å². The SMILES string of the molecule is N#Cc1cc(F)ccc1NCC1(C(=O)O)CC1. The van der Waals surface area contributed by atoms with Crippen LogP contribution in [-0.2, 0) is 4.79 Å². The average Bonchev–Trinajstić information content (AvgIpc) is 3.08. The van der Waals surface area contributed by atoms with Gasteiger partial charge in [0.2, 0.25) is 0 Å². The van der Waals surface area contributed by atoms with Crippen molar-refractivity contribution in [1.29, 1.82) is 5.26 Å². The van der Waals surface area contributed by atoms with Crippen LogP contribution in [0.2, 0.25) is 0 Å². The molecule has 0 aromatic heterocycles. The zero-order chi connectivity index (χ0) is 12.5. The molecule has 17 heavy (non-hydrogen) atoms. The number of carboxylic acids is 1. The Bertz CT molecular complexity index is 504. The highest BCUT2D eigenvalue weighted by Gasteiger charge is 2.50. The van der Waals surface area contributed by atoms with Gasteiger partial charge in [-0.2, -0.15) is 5.26 Å². The molecule has 1 aliphatic carbocycles. The van der Waals surface area contributed by atoms with E-state index in [0.29, 0.717) is 18.5 Å². The van der Waals surface area contributed by atoms with Crippen LogP contribution in [-0.4, -0.2) is 17.6 Å². The Balaban J connectivity index is 2.10. The summed E-state index contributed by atoms with van der Waals surface area (Å²) in [6.07, 6.45) is 1.27. The molecule has 4 nitrogen and oxygen atoms in total. The minimum atomic E-state index is -0.828. The van der Waals surface area contributed by atoms with Gasteiger partial charge in [-0.15, -0.1) is 0 Å². The molecule has 1 aromatic rings. The standard InChI is InChI=1S/C12H11FN2O2/c13-9-1-2-10(8(5-9)6-14)15-7-12(3-4-12)11(16)17/h1-2,5,15H,3-4,7H2,(H,16,17). The first kappa shape index (κ1) is 11.4. The van der Waals surface area contributed by atoms with Gasteiger partial charge in [-0.05, 0) is 31.0 Å². The van der Waals surface area contributed by atoms with Crippen LogP contribution in [0.4, 0.5) is 10.1 Å². The third-order valence-electron chi connectivity index (χ3n) is 3.03. The van der Waals surface area contributed by atoms with Gasteiger partial charge in [0.05, 0.1) is 16.7 Å². The quantitative estimate of drug-likeness (QED) is 0.835. The third-order valence-corrected chi connectivity index (χ3v) is 3.03. The fraction of sp³-hybridized carbons (Fsp3) is 0.333. The van der Waals surface area contributed by atoms with Gasteiger partial charge in [0.1, 0.15) is 11.9 Å². The number of halogens is 1. The van der Waals surface area contributed by atoms with E-state index >= 15 is 0 Å². The van der Waals surface area contributed by atoms with Crippen LogP contribution >= 0.6 is 0 Å². The van der Waals surface area contributed by atoms with E-state index in [1.807, 2.05) is 6.07 Å². The monoisotopic (exact) mass is 234 g/mol. The van der Waals surface area contributed by atoms with E-state index in [0.717, 1.165) is 6.07 Å².